The summed E-state index contributed by atoms with van der Waals surface area (Å²) in [5.74, 6) is 1.97. The predicted octanol–water partition coefficient (Wildman–Crippen LogP) is 2.88. The fourth-order valence-electron chi connectivity index (χ4n) is 2.87. The van der Waals surface area contributed by atoms with Crippen LogP contribution in [0.15, 0.2) is 35.3 Å². The second kappa shape index (κ2) is 11.1. The van der Waals surface area contributed by atoms with Crippen molar-refractivity contribution in [2.45, 2.75) is 18.3 Å². The second-order valence-electron chi connectivity index (χ2n) is 5.60. The van der Waals surface area contributed by atoms with Crippen LogP contribution in [0.2, 0.25) is 0 Å². The summed E-state index contributed by atoms with van der Waals surface area (Å²) < 4.78 is 5.58. The third-order valence-electron chi connectivity index (χ3n) is 4.25. The molecule has 2 rings (SSSR count). The van der Waals surface area contributed by atoms with Gasteiger partial charge in [0.05, 0.1) is 0 Å². The first-order valence-corrected chi connectivity index (χ1v) is 9.27. The Kier molecular flexibility index (Phi) is 9.97. The molecule has 1 saturated heterocycles. The molecule has 1 aromatic carbocycles. The summed E-state index contributed by atoms with van der Waals surface area (Å²) in [6.07, 6.45) is 4.21. The molecule has 23 heavy (non-hydrogen) atoms. The summed E-state index contributed by atoms with van der Waals surface area (Å²) in [7, 11) is 1.83. The lowest BCUT2D eigenvalue weighted by atomic mass is 9.74. The van der Waals surface area contributed by atoms with Gasteiger partial charge in [0.2, 0.25) is 0 Å². The number of benzene rings is 1. The number of hydrogen-bond acceptors (Lipinski definition) is 3. The average Bonchev–Trinajstić information content (AvgIpc) is 2.59. The van der Waals surface area contributed by atoms with Crippen LogP contribution in [0.4, 0.5) is 0 Å². The lowest BCUT2D eigenvalue weighted by Gasteiger charge is -2.38. The van der Waals surface area contributed by atoms with Gasteiger partial charge in [-0.15, -0.1) is 24.0 Å². The van der Waals surface area contributed by atoms with E-state index in [4.69, 9.17) is 4.74 Å². The molecule has 2 N–H and O–H groups in total. The molecule has 6 heteroatoms. The van der Waals surface area contributed by atoms with Gasteiger partial charge in [0.1, 0.15) is 0 Å². The Morgan fingerprint density at radius 2 is 1.91 bits per heavy atom. The van der Waals surface area contributed by atoms with Gasteiger partial charge < -0.3 is 15.4 Å². The number of nitrogens with one attached hydrogen (secondary N) is 2. The average molecular weight is 449 g/mol. The molecular weight excluding hydrogens is 421 g/mol. The van der Waals surface area contributed by atoms with E-state index in [2.05, 4.69) is 52.2 Å². The van der Waals surface area contributed by atoms with E-state index in [0.29, 0.717) is 0 Å². The van der Waals surface area contributed by atoms with Crippen molar-refractivity contribution >= 4 is 41.7 Å². The van der Waals surface area contributed by atoms with E-state index in [1.807, 2.05) is 18.8 Å². The quantitative estimate of drug-likeness (QED) is 0.304. The lowest BCUT2D eigenvalue weighted by Crippen LogP contribution is -2.48. The van der Waals surface area contributed by atoms with Crippen LogP contribution in [0.25, 0.3) is 0 Å². The number of rotatable bonds is 6. The molecule has 1 aliphatic heterocycles. The van der Waals surface area contributed by atoms with Crippen LogP contribution < -0.4 is 10.6 Å². The van der Waals surface area contributed by atoms with E-state index in [1.54, 1.807) is 0 Å². The van der Waals surface area contributed by atoms with Gasteiger partial charge in [0.25, 0.3) is 0 Å². The molecule has 0 radical (unpaired) electrons. The molecule has 0 spiro atoms. The Morgan fingerprint density at radius 3 is 2.52 bits per heavy atom. The molecule has 0 unspecified atom stereocenters. The van der Waals surface area contributed by atoms with E-state index in [-0.39, 0.29) is 29.4 Å². The maximum Gasteiger partial charge on any atom is 0.191 e. The number of ether oxygens (including phenoxy) is 1. The van der Waals surface area contributed by atoms with Gasteiger partial charge in [-0.25, -0.2) is 0 Å². The largest absolute Gasteiger partial charge is 0.381 e. The number of nitrogens with zero attached hydrogens (tertiary/aromatic N) is 1. The van der Waals surface area contributed by atoms with E-state index >= 15 is 0 Å². The highest BCUT2D eigenvalue weighted by atomic mass is 127. The molecule has 0 bridgehead atoms. The minimum atomic E-state index is 0. The fraction of sp³-hybridized carbons (Fsp3) is 0.588. The Morgan fingerprint density at radius 1 is 1.22 bits per heavy atom. The highest BCUT2D eigenvalue weighted by Crippen LogP contribution is 2.34. The Hall–Kier alpha value is -0.470. The molecule has 0 saturated carbocycles. The second-order valence-corrected chi connectivity index (χ2v) is 6.59. The Balaban J connectivity index is 0.00000264. The zero-order chi connectivity index (χ0) is 15.7. The highest BCUT2D eigenvalue weighted by molar-refractivity contribution is 14.0. The molecule has 0 amide bonds. The normalized spacial score (nSPS) is 17.2. The van der Waals surface area contributed by atoms with Gasteiger partial charge in [-0.05, 0) is 24.7 Å². The van der Waals surface area contributed by atoms with Crippen molar-refractivity contribution in [3.63, 3.8) is 0 Å². The zero-order valence-corrected chi connectivity index (χ0v) is 17.2. The third kappa shape index (κ3) is 6.15. The monoisotopic (exact) mass is 449 g/mol. The highest BCUT2D eigenvalue weighted by Gasteiger charge is 2.34. The summed E-state index contributed by atoms with van der Waals surface area (Å²) in [5.41, 5.74) is 1.53. The molecule has 1 aliphatic rings. The van der Waals surface area contributed by atoms with E-state index in [0.717, 1.165) is 50.9 Å². The topological polar surface area (TPSA) is 45.7 Å². The van der Waals surface area contributed by atoms with Crippen LogP contribution in [0.5, 0.6) is 0 Å². The molecule has 4 nitrogen and oxygen atoms in total. The Labute approximate surface area is 161 Å². The van der Waals surface area contributed by atoms with Crippen LogP contribution in [0.1, 0.15) is 18.4 Å². The molecule has 1 aromatic rings. The predicted molar refractivity (Wildman–Crippen MR) is 111 cm³/mol. The summed E-state index contributed by atoms with van der Waals surface area (Å²) in [6, 6.07) is 10.8. The van der Waals surface area contributed by atoms with Crippen LogP contribution in [-0.4, -0.2) is 51.3 Å². The molecular formula is C17H28IN3OS. The minimum absolute atomic E-state index is 0. The van der Waals surface area contributed by atoms with Crippen molar-refractivity contribution in [3.8, 4) is 0 Å². The lowest BCUT2D eigenvalue weighted by molar-refractivity contribution is 0.0514. The maximum absolute atomic E-state index is 5.58. The Bertz CT molecular complexity index is 464. The van der Waals surface area contributed by atoms with Gasteiger partial charge in [-0.1, -0.05) is 30.3 Å². The van der Waals surface area contributed by atoms with Gasteiger partial charge in [0.15, 0.2) is 5.96 Å². The standard InChI is InChI=1S/C17H27N3OS.HI/c1-18-16(19-10-13-22-2)20-14-17(8-11-21-12-9-17)15-6-4-3-5-7-15;/h3-7H,8-14H2,1-2H3,(H2,18,19,20);1H. The van der Waals surface area contributed by atoms with Crippen LogP contribution >= 0.6 is 35.7 Å². The fourth-order valence-corrected chi connectivity index (χ4v) is 3.17. The van der Waals surface area contributed by atoms with Crippen molar-refractivity contribution in [2.24, 2.45) is 4.99 Å². The van der Waals surface area contributed by atoms with Crippen LogP contribution in [-0.2, 0) is 10.2 Å². The molecule has 0 aliphatic carbocycles. The van der Waals surface area contributed by atoms with Crippen molar-refractivity contribution < 1.29 is 4.74 Å². The van der Waals surface area contributed by atoms with Crippen LogP contribution in [0.3, 0.4) is 0 Å². The van der Waals surface area contributed by atoms with Crippen molar-refractivity contribution in [2.75, 3.05) is 45.4 Å². The van der Waals surface area contributed by atoms with Crippen molar-refractivity contribution in [3.05, 3.63) is 35.9 Å². The summed E-state index contributed by atoms with van der Waals surface area (Å²) in [6.45, 7) is 3.48. The minimum Gasteiger partial charge on any atom is -0.381 e. The third-order valence-corrected chi connectivity index (χ3v) is 4.86. The van der Waals surface area contributed by atoms with E-state index < -0.39 is 0 Å². The maximum atomic E-state index is 5.58. The zero-order valence-electron chi connectivity index (χ0n) is 14.0. The SMILES string of the molecule is CN=C(NCCSC)NCC1(c2ccccc2)CCOCC1.I. The number of halogens is 1. The number of guanidine groups is 1. The first-order valence-electron chi connectivity index (χ1n) is 7.87. The molecule has 1 fully saturated rings. The molecule has 130 valence electrons. The smallest absolute Gasteiger partial charge is 0.191 e. The summed E-state index contributed by atoms with van der Waals surface area (Å²) in [5, 5.41) is 6.88. The molecule has 0 atom stereocenters. The first kappa shape index (κ1) is 20.6. The van der Waals surface area contributed by atoms with Crippen LogP contribution in [0, 0.1) is 0 Å². The van der Waals surface area contributed by atoms with Crippen molar-refractivity contribution in [1.82, 2.24) is 10.6 Å². The number of hydrogen-bond donors (Lipinski definition) is 2. The van der Waals surface area contributed by atoms with E-state index in [9.17, 15) is 0 Å². The van der Waals surface area contributed by atoms with Crippen molar-refractivity contribution in [1.29, 1.82) is 0 Å². The number of thioether (sulfide) groups is 1. The summed E-state index contributed by atoms with van der Waals surface area (Å²) in [4.78, 5) is 4.32. The summed E-state index contributed by atoms with van der Waals surface area (Å²) >= 11 is 1.83. The molecule has 0 aromatic heterocycles. The first-order chi connectivity index (χ1) is 10.8. The van der Waals surface area contributed by atoms with Gasteiger partial charge in [-0.3, -0.25) is 4.99 Å². The molecule has 1 heterocycles. The van der Waals surface area contributed by atoms with Gasteiger partial charge in [-0.2, -0.15) is 11.8 Å². The number of aliphatic imine (C=N–C) groups is 1. The van der Waals surface area contributed by atoms with Gasteiger partial charge >= 0.3 is 0 Å². The van der Waals surface area contributed by atoms with Gasteiger partial charge in [0, 0.05) is 44.5 Å². The van der Waals surface area contributed by atoms with E-state index in [1.165, 1.54) is 5.56 Å².